The quantitative estimate of drug-likeness (QED) is 0.428. The molecule has 2 N–H and O–H groups in total. The van der Waals surface area contributed by atoms with Crippen molar-refractivity contribution in [2.75, 3.05) is 24.6 Å². The molecule has 198 valence electrons. The van der Waals surface area contributed by atoms with Crippen LogP contribution >= 0.6 is 0 Å². The number of benzene rings is 1. The van der Waals surface area contributed by atoms with Crippen LogP contribution < -0.4 is 15.0 Å². The second-order valence-corrected chi connectivity index (χ2v) is 9.73. The molecule has 4 rings (SSSR count). The van der Waals surface area contributed by atoms with Crippen LogP contribution in [-0.2, 0) is 4.74 Å². The number of carboxylic acid groups (broad SMARTS) is 1. The lowest BCUT2D eigenvalue weighted by molar-refractivity contribution is 0.0524. The summed E-state index contributed by atoms with van der Waals surface area (Å²) in [5, 5.41) is 16.0. The van der Waals surface area contributed by atoms with Crippen LogP contribution in [-0.4, -0.2) is 63.2 Å². The van der Waals surface area contributed by atoms with Crippen molar-refractivity contribution in [3.8, 4) is 5.75 Å². The fourth-order valence-electron chi connectivity index (χ4n) is 4.17. The van der Waals surface area contributed by atoms with Crippen LogP contribution in [0.3, 0.4) is 0 Å². The highest BCUT2D eigenvalue weighted by Gasteiger charge is 2.36. The highest BCUT2D eigenvalue weighted by molar-refractivity contribution is 5.94. The van der Waals surface area contributed by atoms with Gasteiger partial charge in [0.1, 0.15) is 34.7 Å². The largest absolute Gasteiger partial charge is 0.493 e. The average Bonchev–Trinajstić information content (AvgIpc) is 3.41. The monoisotopic (exact) mass is 517 g/mol. The number of aromatic nitrogens is 3. The molecule has 3 heterocycles. The molecule has 0 saturated carbocycles. The van der Waals surface area contributed by atoms with E-state index in [1.165, 1.54) is 28.9 Å². The summed E-state index contributed by atoms with van der Waals surface area (Å²) in [4.78, 5) is 29.4. The molecule has 0 bridgehead atoms. The number of carbonyl (C=O) groups excluding carboxylic acids is 1. The fraction of sp³-hybridized carbons (Fsp3) is 0.440. The first-order valence-corrected chi connectivity index (χ1v) is 11.9. The van der Waals surface area contributed by atoms with Crippen LogP contribution in [0.25, 0.3) is 5.65 Å². The predicted molar refractivity (Wildman–Crippen MR) is 130 cm³/mol. The lowest BCUT2D eigenvalue weighted by Gasteiger charge is -2.27. The van der Waals surface area contributed by atoms with Gasteiger partial charge in [-0.25, -0.2) is 27.9 Å². The first-order chi connectivity index (χ1) is 17.5. The Morgan fingerprint density at radius 2 is 2.05 bits per heavy atom. The fourth-order valence-corrected chi connectivity index (χ4v) is 4.17. The van der Waals surface area contributed by atoms with Gasteiger partial charge in [-0.1, -0.05) is 0 Å². The Balaban J connectivity index is 1.50. The van der Waals surface area contributed by atoms with Crippen molar-refractivity contribution >= 4 is 23.5 Å². The van der Waals surface area contributed by atoms with Gasteiger partial charge >= 0.3 is 12.1 Å². The SMILES string of the molecule is CC(C)(C)OC(=O)NCCCOc1ccc(F)cc1[C@H]1C[C@H](F)CN1c1ccn2ncc(C(=O)O)c2n1. The summed E-state index contributed by atoms with van der Waals surface area (Å²) in [6, 6.07) is 5.08. The third-order valence-corrected chi connectivity index (χ3v) is 5.71. The van der Waals surface area contributed by atoms with Crippen molar-refractivity contribution in [1.82, 2.24) is 19.9 Å². The van der Waals surface area contributed by atoms with Crippen LogP contribution in [0.5, 0.6) is 5.75 Å². The summed E-state index contributed by atoms with van der Waals surface area (Å²) in [7, 11) is 0. The molecule has 1 aromatic carbocycles. The van der Waals surface area contributed by atoms with Gasteiger partial charge in [0, 0.05) is 24.7 Å². The summed E-state index contributed by atoms with van der Waals surface area (Å²) in [6.07, 6.45) is 1.56. The molecule has 2 aromatic heterocycles. The van der Waals surface area contributed by atoms with Crippen molar-refractivity contribution in [3.63, 3.8) is 0 Å². The Hall–Kier alpha value is -3.96. The third kappa shape index (κ3) is 6.25. The van der Waals surface area contributed by atoms with Crippen molar-refractivity contribution in [2.24, 2.45) is 0 Å². The predicted octanol–water partition coefficient (Wildman–Crippen LogP) is 4.15. The van der Waals surface area contributed by atoms with Gasteiger partial charge in [-0.05, 0) is 51.5 Å². The van der Waals surface area contributed by atoms with Crippen molar-refractivity contribution < 1.29 is 33.0 Å². The van der Waals surface area contributed by atoms with Crippen LogP contribution in [0.1, 0.15) is 55.6 Å². The summed E-state index contributed by atoms with van der Waals surface area (Å²) in [6.45, 7) is 5.86. The molecule has 3 aromatic rings. The molecule has 37 heavy (non-hydrogen) atoms. The molecular weight excluding hydrogens is 488 g/mol. The van der Waals surface area contributed by atoms with Gasteiger partial charge < -0.3 is 24.8 Å². The van der Waals surface area contributed by atoms with Crippen molar-refractivity contribution in [1.29, 1.82) is 0 Å². The number of nitrogens with one attached hydrogen (secondary N) is 1. The van der Waals surface area contributed by atoms with Gasteiger partial charge in [-0.15, -0.1) is 0 Å². The number of alkyl halides is 1. The molecule has 0 unspecified atom stereocenters. The third-order valence-electron chi connectivity index (χ3n) is 5.71. The lowest BCUT2D eigenvalue weighted by atomic mass is 10.0. The van der Waals surface area contributed by atoms with Gasteiger partial charge in [0.2, 0.25) is 0 Å². The van der Waals surface area contributed by atoms with E-state index in [1.807, 2.05) is 0 Å². The number of carbonyl (C=O) groups is 2. The van der Waals surface area contributed by atoms with E-state index in [4.69, 9.17) is 9.47 Å². The molecule has 10 nitrogen and oxygen atoms in total. The lowest BCUT2D eigenvalue weighted by Crippen LogP contribution is -2.33. The van der Waals surface area contributed by atoms with E-state index in [0.717, 1.165) is 0 Å². The van der Waals surface area contributed by atoms with Gasteiger partial charge in [0.25, 0.3) is 0 Å². The maximum absolute atomic E-state index is 14.7. The molecule has 1 fully saturated rings. The Morgan fingerprint density at radius 1 is 1.27 bits per heavy atom. The number of rotatable bonds is 8. The highest BCUT2D eigenvalue weighted by atomic mass is 19.1. The maximum atomic E-state index is 14.7. The normalized spacial score (nSPS) is 17.7. The van der Waals surface area contributed by atoms with E-state index in [9.17, 15) is 23.5 Å². The van der Waals surface area contributed by atoms with Crippen molar-refractivity contribution in [2.45, 2.75) is 51.4 Å². The number of ether oxygens (including phenoxy) is 2. The maximum Gasteiger partial charge on any atom is 0.407 e. The number of hydrogen-bond donors (Lipinski definition) is 2. The molecule has 12 heteroatoms. The zero-order valence-electron chi connectivity index (χ0n) is 20.8. The number of aromatic carboxylic acids is 1. The van der Waals surface area contributed by atoms with E-state index < -0.39 is 35.7 Å². The second kappa shape index (κ2) is 10.6. The number of amides is 1. The van der Waals surface area contributed by atoms with E-state index in [0.29, 0.717) is 30.1 Å². The van der Waals surface area contributed by atoms with Gasteiger partial charge in [0.05, 0.1) is 25.4 Å². The molecule has 2 atom stereocenters. The number of alkyl carbamates (subject to hydrolysis) is 1. The van der Waals surface area contributed by atoms with E-state index in [2.05, 4.69) is 15.4 Å². The van der Waals surface area contributed by atoms with Crippen LogP contribution in [0.15, 0.2) is 36.7 Å². The number of halogens is 2. The Labute approximate surface area is 212 Å². The zero-order valence-corrected chi connectivity index (χ0v) is 20.8. The van der Waals surface area contributed by atoms with E-state index in [1.54, 1.807) is 37.9 Å². The molecule has 0 radical (unpaired) electrons. The van der Waals surface area contributed by atoms with Gasteiger partial charge in [-0.3, -0.25) is 0 Å². The number of carboxylic acids is 1. The molecule has 0 aliphatic carbocycles. The minimum absolute atomic E-state index is 0.000143. The van der Waals surface area contributed by atoms with E-state index in [-0.39, 0.29) is 30.8 Å². The minimum atomic E-state index is -1.21. The molecule has 1 amide bonds. The topological polar surface area (TPSA) is 118 Å². The van der Waals surface area contributed by atoms with Crippen LogP contribution in [0.2, 0.25) is 0 Å². The highest BCUT2D eigenvalue weighted by Crippen LogP contribution is 2.41. The minimum Gasteiger partial charge on any atom is -0.493 e. The molecule has 1 aliphatic rings. The van der Waals surface area contributed by atoms with Gasteiger partial charge in [-0.2, -0.15) is 5.10 Å². The Kier molecular flexibility index (Phi) is 7.46. The molecular formula is C25H29F2N5O5. The average molecular weight is 518 g/mol. The number of hydrogen-bond acceptors (Lipinski definition) is 7. The summed E-state index contributed by atoms with van der Waals surface area (Å²) in [5.41, 5.74) is -0.102. The van der Waals surface area contributed by atoms with E-state index >= 15 is 0 Å². The number of nitrogens with zero attached hydrogens (tertiary/aromatic N) is 4. The molecule has 1 saturated heterocycles. The van der Waals surface area contributed by atoms with Gasteiger partial charge in [0.15, 0.2) is 5.65 Å². The smallest absolute Gasteiger partial charge is 0.407 e. The van der Waals surface area contributed by atoms with Crippen molar-refractivity contribution in [3.05, 3.63) is 53.6 Å². The summed E-state index contributed by atoms with van der Waals surface area (Å²) in [5.74, 6) is -0.941. The Morgan fingerprint density at radius 3 is 2.78 bits per heavy atom. The standard InChI is InChI=1S/C25H29F2N5O5/c1-25(2,3)37-24(35)28-8-4-10-36-20-6-5-15(26)11-17(20)19-12-16(27)14-31(19)21-7-9-32-22(30-21)18(13-29-32)23(33)34/h5-7,9,11,13,16,19H,4,8,10,12,14H2,1-3H3,(H,28,35)(H,33,34)/t16-,19+/m0/s1. The van der Waals surface area contributed by atoms with Crippen LogP contribution in [0.4, 0.5) is 19.4 Å². The Bertz CT molecular complexity index is 1290. The number of anilines is 1. The first-order valence-electron chi connectivity index (χ1n) is 11.9. The van der Waals surface area contributed by atoms with Crippen LogP contribution in [0, 0.1) is 5.82 Å². The summed E-state index contributed by atoms with van der Waals surface area (Å²) >= 11 is 0. The summed E-state index contributed by atoms with van der Waals surface area (Å²) < 4.78 is 41.4. The number of fused-ring (bicyclic) bond motifs is 1. The second-order valence-electron chi connectivity index (χ2n) is 9.73. The molecule has 0 spiro atoms. The zero-order chi connectivity index (χ0) is 26.7. The molecule has 1 aliphatic heterocycles. The first kappa shape index (κ1) is 26.1.